The molecule has 2 rings (SSSR count). The van der Waals surface area contributed by atoms with Gasteiger partial charge in [0.15, 0.2) is 0 Å². The van der Waals surface area contributed by atoms with Gasteiger partial charge in [-0.3, -0.25) is 4.79 Å². The monoisotopic (exact) mass is 332 g/mol. The zero-order chi connectivity index (χ0) is 17.5. The van der Waals surface area contributed by atoms with Crippen LogP contribution in [0.5, 0.6) is 0 Å². The topological polar surface area (TPSA) is 66.8 Å². The minimum Gasteiger partial charge on any atom is -0.461 e. The van der Waals surface area contributed by atoms with E-state index in [0.29, 0.717) is 18.6 Å². The van der Waals surface area contributed by atoms with Crippen LogP contribution in [0.2, 0.25) is 0 Å². The highest BCUT2D eigenvalue weighted by Crippen LogP contribution is 2.39. The third-order valence-electron chi connectivity index (χ3n) is 4.95. The average molecular weight is 332 g/mol. The van der Waals surface area contributed by atoms with E-state index in [1.807, 2.05) is 6.08 Å². The Morgan fingerprint density at radius 3 is 2.83 bits per heavy atom. The molecule has 2 atom stereocenters. The van der Waals surface area contributed by atoms with Crippen LogP contribution in [0.3, 0.4) is 0 Å². The van der Waals surface area contributed by atoms with Gasteiger partial charge in [0.05, 0.1) is 19.1 Å². The molecule has 2 unspecified atom stereocenters. The van der Waals surface area contributed by atoms with Crippen molar-refractivity contribution in [3.05, 3.63) is 47.1 Å². The minimum atomic E-state index is -0.247. The Labute approximate surface area is 144 Å². The first-order chi connectivity index (χ1) is 11.6. The van der Waals surface area contributed by atoms with Gasteiger partial charge < -0.3 is 14.9 Å². The van der Waals surface area contributed by atoms with Crippen LogP contribution in [-0.4, -0.2) is 36.0 Å². The summed E-state index contributed by atoms with van der Waals surface area (Å²) in [6, 6.07) is 0. The summed E-state index contributed by atoms with van der Waals surface area (Å²) < 4.78 is 5.40. The molecule has 0 spiro atoms. The van der Waals surface area contributed by atoms with E-state index in [0.717, 1.165) is 36.8 Å². The highest BCUT2D eigenvalue weighted by atomic mass is 16.5. The summed E-state index contributed by atoms with van der Waals surface area (Å²) in [5.74, 6) is -0.257. The molecule has 2 aliphatic rings. The highest BCUT2D eigenvalue weighted by molar-refractivity contribution is 5.78. The molecular formula is C20H28O4. The lowest BCUT2D eigenvalue weighted by atomic mass is 9.76. The summed E-state index contributed by atoms with van der Waals surface area (Å²) in [6.45, 7) is 6.35. The molecule has 0 aromatic heterocycles. The fourth-order valence-electron chi connectivity index (χ4n) is 3.44. The van der Waals surface area contributed by atoms with Gasteiger partial charge in [0.1, 0.15) is 6.61 Å². The van der Waals surface area contributed by atoms with Crippen molar-refractivity contribution in [2.75, 3.05) is 19.8 Å². The summed E-state index contributed by atoms with van der Waals surface area (Å²) in [5, 5.41) is 18.2. The second kappa shape index (κ2) is 9.00. The Balaban J connectivity index is 2.22. The average Bonchev–Trinajstić information content (AvgIpc) is 2.64. The van der Waals surface area contributed by atoms with Crippen LogP contribution in [0, 0.1) is 11.8 Å². The van der Waals surface area contributed by atoms with Crippen LogP contribution in [0.15, 0.2) is 47.1 Å². The number of cyclic esters (lactones) is 1. The van der Waals surface area contributed by atoms with E-state index < -0.39 is 0 Å². The molecule has 0 aromatic rings. The maximum Gasteiger partial charge on any atom is 0.313 e. The number of ether oxygens (including phenoxy) is 1. The Morgan fingerprint density at radius 1 is 1.38 bits per heavy atom. The molecule has 2 N–H and O–H groups in total. The summed E-state index contributed by atoms with van der Waals surface area (Å²) in [7, 11) is 0. The van der Waals surface area contributed by atoms with Crippen molar-refractivity contribution in [2.24, 2.45) is 11.8 Å². The summed E-state index contributed by atoms with van der Waals surface area (Å²) in [6.07, 6.45) is 10.4. The van der Waals surface area contributed by atoms with Crippen LogP contribution in [0.4, 0.5) is 0 Å². The molecule has 1 fully saturated rings. The normalized spacial score (nSPS) is 26.6. The Morgan fingerprint density at radius 2 is 2.12 bits per heavy atom. The molecule has 1 saturated heterocycles. The molecule has 24 heavy (non-hydrogen) atoms. The predicted molar refractivity (Wildman–Crippen MR) is 94.3 cm³/mol. The smallest absolute Gasteiger partial charge is 0.313 e. The number of hydrogen-bond donors (Lipinski definition) is 2. The van der Waals surface area contributed by atoms with Gasteiger partial charge in [0, 0.05) is 5.92 Å². The van der Waals surface area contributed by atoms with Crippen molar-refractivity contribution in [1.29, 1.82) is 0 Å². The van der Waals surface area contributed by atoms with Gasteiger partial charge in [-0.25, -0.2) is 0 Å². The van der Waals surface area contributed by atoms with Crippen molar-refractivity contribution in [3.63, 3.8) is 0 Å². The molecule has 1 aliphatic heterocycles. The lowest BCUT2D eigenvalue weighted by Gasteiger charge is -2.33. The van der Waals surface area contributed by atoms with Crippen LogP contribution in [0.25, 0.3) is 0 Å². The van der Waals surface area contributed by atoms with E-state index >= 15 is 0 Å². The van der Waals surface area contributed by atoms with Gasteiger partial charge in [-0.05, 0) is 50.2 Å². The fourth-order valence-corrected chi connectivity index (χ4v) is 3.44. The van der Waals surface area contributed by atoms with E-state index in [-0.39, 0.29) is 31.0 Å². The summed E-state index contributed by atoms with van der Waals surface area (Å²) in [5.41, 5.74) is 4.06. The van der Waals surface area contributed by atoms with Crippen molar-refractivity contribution in [3.8, 4) is 0 Å². The van der Waals surface area contributed by atoms with Gasteiger partial charge in [-0.2, -0.15) is 0 Å². The third-order valence-corrected chi connectivity index (χ3v) is 4.95. The Kier molecular flexibility index (Phi) is 7.00. The van der Waals surface area contributed by atoms with Crippen LogP contribution in [-0.2, 0) is 9.53 Å². The van der Waals surface area contributed by atoms with Gasteiger partial charge in [0.2, 0.25) is 0 Å². The van der Waals surface area contributed by atoms with E-state index in [1.54, 1.807) is 0 Å². The Bertz CT molecular complexity index is 562. The standard InChI is InChI=1S/C20H28O4/c1-14-5-3-6-15(2)19-18(10-9-14)17(13-24-20(19)23)8-4-7-16(11-21)12-22/h5,7-8,18-19,21-22H,2-4,6,9-13H2,1H3. The minimum absolute atomic E-state index is 0.137. The predicted octanol–water partition coefficient (Wildman–Crippen LogP) is 3.08. The van der Waals surface area contributed by atoms with E-state index in [9.17, 15) is 4.79 Å². The zero-order valence-corrected chi connectivity index (χ0v) is 14.5. The molecule has 0 aromatic carbocycles. The number of allylic oxidation sites excluding steroid dienone is 4. The van der Waals surface area contributed by atoms with E-state index in [2.05, 4.69) is 25.7 Å². The number of aliphatic hydroxyl groups is 2. The van der Waals surface area contributed by atoms with Crippen LogP contribution in [0.1, 0.15) is 39.0 Å². The van der Waals surface area contributed by atoms with Crippen molar-refractivity contribution < 1.29 is 19.7 Å². The molecule has 0 saturated carbocycles. The second-order valence-corrected chi connectivity index (χ2v) is 6.67. The van der Waals surface area contributed by atoms with Gasteiger partial charge in [-0.1, -0.05) is 36.0 Å². The maximum absolute atomic E-state index is 12.3. The molecule has 1 heterocycles. The number of fused-ring (bicyclic) bond motifs is 1. The molecule has 0 bridgehead atoms. The fraction of sp³-hybridized carbons (Fsp3) is 0.550. The van der Waals surface area contributed by atoms with Crippen LogP contribution < -0.4 is 0 Å². The molecule has 132 valence electrons. The zero-order valence-electron chi connectivity index (χ0n) is 14.5. The van der Waals surface area contributed by atoms with Crippen molar-refractivity contribution in [2.45, 2.75) is 39.0 Å². The van der Waals surface area contributed by atoms with Crippen LogP contribution >= 0.6 is 0 Å². The van der Waals surface area contributed by atoms with E-state index in [4.69, 9.17) is 14.9 Å². The van der Waals surface area contributed by atoms with Crippen molar-refractivity contribution in [1.82, 2.24) is 0 Å². The third kappa shape index (κ3) is 4.68. The lowest BCUT2D eigenvalue weighted by Crippen LogP contribution is -2.35. The number of esters is 1. The molecule has 0 radical (unpaired) electrons. The van der Waals surface area contributed by atoms with Gasteiger partial charge in [0.25, 0.3) is 0 Å². The number of aliphatic hydroxyl groups excluding tert-OH is 2. The number of hydrogen-bond acceptors (Lipinski definition) is 4. The van der Waals surface area contributed by atoms with E-state index in [1.165, 1.54) is 5.57 Å². The highest BCUT2D eigenvalue weighted by Gasteiger charge is 2.38. The van der Waals surface area contributed by atoms with Crippen molar-refractivity contribution >= 4 is 5.97 Å². The lowest BCUT2D eigenvalue weighted by molar-refractivity contribution is -0.151. The summed E-state index contributed by atoms with van der Waals surface area (Å²) >= 11 is 0. The first-order valence-corrected chi connectivity index (χ1v) is 8.65. The first kappa shape index (κ1) is 18.7. The quantitative estimate of drug-likeness (QED) is 0.613. The molecule has 4 heteroatoms. The number of rotatable bonds is 4. The molecule has 1 aliphatic carbocycles. The molecular weight excluding hydrogens is 304 g/mol. The number of carbonyl (C=O) groups is 1. The molecule has 0 amide bonds. The maximum atomic E-state index is 12.3. The SMILES string of the molecule is C=C1CCC=C(C)CCC2C(=CCC=C(CO)CO)COC(=O)C12. The Hall–Kier alpha value is -1.65. The largest absolute Gasteiger partial charge is 0.461 e. The molecule has 4 nitrogen and oxygen atoms in total. The first-order valence-electron chi connectivity index (χ1n) is 8.65. The van der Waals surface area contributed by atoms with Gasteiger partial charge in [-0.15, -0.1) is 0 Å². The second-order valence-electron chi connectivity index (χ2n) is 6.67. The summed E-state index contributed by atoms with van der Waals surface area (Å²) in [4.78, 5) is 12.3. The number of carbonyl (C=O) groups excluding carboxylic acids is 1. The van der Waals surface area contributed by atoms with Gasteiger partial charge >= 0.3 is 5.97 Å².